The zero-order valence-electron chi connectivity index (χ0n) is 11.5. The fourth-order valence-corrected chi connectivity index (χ4v) is 2.36. The van der Waals surface area contributed by atoms with Gasteiger partial charge in [0.15, 0.2) is 0 Å². The van der Waals surface area contributed by atoms with Crippen molar-refractivity contribution in [3.63, 3.8) is 0 Å². The van der Waals surface area contributed by atoms with Crippen molar-refractivity contribution >= 4 is 5.84 Å². The third-order valence-electron chi connectivity index (χ3n) is 3.54. The zero-order valence-corrected chi connectivity index (χ0v) is 11.5. The van der Waals surface area contributed by atoms with Gasteiger partial charge in [0.25, 0.3) is 0 Å². The Balaban J connectivity index is 1.96. The Bertz CT molecular complexity index is 382. The topological polar surface area (TPSA) is 18.8 Å². The molecule has 2 rings (SSSR count). The normalized spacial score (nSPS) is 15.3. The van der Waals surface area contributed by atoms with Gasteiger partial charge in [-0.05, 0) is 13.1 Å². The van der Waals surface area contributed by atoms with E-state index in [1.54, 1.807) is 0 Å². The monoisotopic (exact) mass is 245 g/mol. The van der Waals surface area contributed by atoms with Gasteiger partial charge in [0.2, 0.25) is 0 Å². The van der Waals surface area contributed by atoms with Crippen LogP contribution in [0.25, 0.3) is 0 Å². The molecule has 0 spiro atoms. The van der Waals surface area contributed by atoms with Gasteiger partial charge in [-0.3, -0.25) is 4.99 Å². The molecule has 0 bridgehead atoms. The molecule has 1 heterocycles. The molecule has 0 aliphatic carbocycles. The quantitative estimate of drug-likeness (QED) is 0.764. The van der Waals surface area contributed by atoms with Crippen LogP contribution >= 0.6 is 0 Å². The van der Waals surface area contributed by atoms with Crippen molar-refractivity contribution < 1.29 is 0 Å². The molecule has 98 valence electrons. The Kier molecular flexibility index (Phi) is 4.76. The maximum absolute atomic E-state index is 4.64. The van der Waals surface area contributed by atoms with Gasteiger partial charge in [-0.15, -0.1) is 0 Å². The van der Waals surface area contributed by atoms with E-state index in [0.29, 0.717) is 0 Å². The minimum atomic E-state index is 0.933. The van der Waals surface area contributed by atoms with Gasteiger partial charge in [0, 0.05) is 25.2 Å². The molecule has 0 saturated heterocycles. The molecule has 3 nitrogen and oxygen atoms in total. The molecule has 0 saturated carbocycles. The van der Waals surface area contributed by atoms with E-state index in [1.807, 2.05) is 0 Å². The van der Waals surface area contributed by atoms with Crippen LogP contribution in [0.4, 0.5) is 0 Å². The van der Waals surface area contributed by atoms with Crippen LogP contribution in [0.3, 0.4) is 0 Å². The highest BCUT2D eigenvalue weighted by Gasteiger charge is 2.18. The first-order valence-corrected chi connectivity index (χ1v) is 6.92. The second-order valence-electron chi connectivity index (χ2n) is 4.59. The number of likely N-dealkylation sites (N-methyl/N-ethyl adjacent to an activating group) is 1. The first-order valence-electron chi connectivity index (χ1n) is 6.92. The number of rotatable bonds is 6. The summed E-state index contributed by atoms with van der Waals surface area (Å²) < 4.78 is 0. The van der Waals surface area contributed by atoms with Gasteiger partial charge in [-0.1, -0.05) is 44.2 Å². The lowest BCUT2D eigenvalue weighted by atomic mass is 10.2. The van der Waals surface area contributed by atoms with Crippen molar-refractivity contribution in [1.29, 1.82) is 0 Å². The maximum atomic E-state index is 4.64. The summed E-state index contributed by atoms with van der Waals surface area (Å²) in [6.07, 6.45) is 0. The van der Waals surface area contributed by atoms with Gasteiger partial charge in [0.1, 0.15) is 5.84 Å². The van der Waals surface area contributed by atoms with E-state index in [1.165, 1.54) is 11.4 Å². The molecule has 18 heavy (non-hydrogen) atoms. The number of benzene rings is 1. The molecule has 0 aromatic heterocycles. The first kappa shape index (κ1) is 13.1. The third-order valence-corrected chi connectivity index (χ3v) is 3.54. The number of hydrogen-bond acceptors (Lipinski definition) is 3. The first-order chi connectivity index (χ1) is 8.85. The van der Waals surface area contributed by atoms with Crippen LogP contribution < -0.4 is 0 Å². The molecule has 0 unspecified atom stereocenters. The maximum Gasteiger partial charge on any atom is 0.131 e. The van der Waals surface area contributed by atoms with Crippen LogP contribution in [0.1, 0.15) is 19.4 Å². The van der Waals surface area contributed by atoms with Gasteiger partial charge in [0.05, 0.1) is 6.54 Å². The van der Waals surface area contributed by atoms with Crippen LogP contribution in [0.2, 0.25) is 0 Å². The van der Waals surface area contributed by atoms with Crippen molar-refractivity contribution in [1.82, 2.24) is 9.80 Å². The predicted molar refractivity (Wildman–Crippen MR) is 77.2 cm³/mol. The van der Waals surface area contributed by atoms with Gasteiger partial charge >= 0.3 is 0 Å². The molecule has 1 aliphatic heterocycles. The minimum Gasteiger partial charge on any atom is -0.353 e. The van der Waals surface area contributed by atoms with E-state index >= 15 is 0 Å². The van der Waals surface area contributed by atoms with E-state index in [2.05, 4.69) is 59.0 Å². The Morgan fingerprint density at radius 2 is 1.89 bits per heavy atom. The Labute approximate surface area is 110 Å². The number of hydrogen-bond donors (Lipinski definition) is 0. The van der Waals surface area contributed by atoms with E-state index in [-0.39, 0.29) is 0 Å². The molecular formula is C15H23N3. The number of aliphatic imine (C=N–C) groups is 1. The Morgan fingerprint density at radius 1 is 1.17 bits per heavy atom. The summed E-state index contributed by atoms with van der Waals surface area (Å²) in [5, 5.41) is 0. The van der Waals surface area contributed by atoms with E-state index in [4.69, 9.17) is 0 Å². The standard InChI is InChI=1S/C15H23N3/c1-3-17(4-2)12-13-18-11-10-16-15(18)14-8-6-5-7-9-14/h5-9H,3-4,10-13H2,1-2H3. The van der Waals surface area contributed by atoms with Crippen molar-refractivity contribution in [3.05, 3.63) is 35.9 Å². The summed E-state index contributed by atoms with van der Waals surface area (Å²) in [7, 11) is 0. The van der Waals surface area contributed by atoms with E-state index < -0.39 is 0 Å². The molecule has 1 aromatic rings. The van der Waals surface area contributed by atoms with Gasteiger partial charge < -0.3 is 9.80 Å². The highest BCUT2D eigenvalue weighted by molar-refractivity contribution is 5.99. The smallest absolute Gasteiger partial charge is 0.131 e. The Morgan fingerprint density at radius 3 is 2.56 bits per heavy atom. The van der Waals surface area contributed by atoms with Crippen LogP contribution in [0.15, 0.2) is 35.3 Å². The molecule has 0 N–H and O–H groups in total. The summed E-state index contributed by atoms with van der Waals surface area (Å²) in [4.78, 5) is 9.51. The van der Waals surface area contributed by atoms with Crippen LogP contribution in [-0.4, -0.2) is 54.9 Å². The molecule has 0 amide bonds. The highest BCUT2D eigenvalue weighted by Crippen LogP contribution is 2.11. The zero-order chi connectivity index (χ0) is 12.8. The summed E-state index contributed by atoms with van der Waals surface area (Å²) in [6, 6.07) is 10.5. The molecular weight excluding hydrogens is 222 g/mol. The average Bonchev–Trinajstić information content (AvgIpc) is 2.89. The van der Waals surface area contributed by atoms with Crippen LogP contribution in [0.5, 0.6) is 0 Å². The molecule has 1 aromatic carbocycles. The molecule has 1 aliphatic rings. The molecule has 0 fully saturated rings. The lowest BCUT2D eigenvalue weighted by Crippen LogP contribution is -2.37. The minimum absolute atomic E-state index is 0.933. The van der Waals surface area contributed by atoms with Crippen molar-refractivity contribution in [2.45, 2.75) is 13.8 Å². The third kappa shape index (κ3) is 3.10. The van der Waals surface area contributed by atoms with Crippen molar-refractivity contribution in [2.75, 3.05) is 39.3 Å². The van der Waals surface area contributed by atoms with Crippen molar-refractivity contribution in [2.24, 2.45) is 4.99 Å². The average molecular weight is 245 g/mol. The largest absolute Gasteiger partial charge is 0.353 e. The molecule has 3 heteroatoms. The summed E-state index contributed by atoms with van der Waals surface area (Å²) in [6.45, 7) is 10.9. The lowest BCUT2D eigenvalue weighted by Gasteiger charge is -2.25. The molecule has 0 radical (unpaired) electrons. The van der Waals surface area contributed by atoms with Crippen molar-refractivity contribution in [3.8, 4) is 0 Å². The van der Waals surface area contributed by atoms with Crippen LogP contribution in [-0.2, 0) is 0 Å². The highest BCUT2D eigenvalue weighted by atomic mass is 15.3. The summed E-state index contributed by atoms with van der Waals surface area (Å²) in [5.74, 6) is 1.17. The second-order valence-corrected chi connectivity index (χ2v) is 4.59. The molecule has 0 atom stereocenters. The predicted octanol–water partition coefficient (Wildman–Crippen LogP) is 2.09. The second kappa shape index (κ2) is 6.55. The Hall–Kier alpha value is -1.35. The summed E-state index contributed by atoms with van der Waals surface area (Å²) in [5.41, 5.74) is 1.24. The van der Waals surface area contributed by atoms with E-state index in [0.717, 1.165) is 39.3 Å². The van der Waals surface area contributed by atoms with Gasteiger partial charge in [-0.25, -0.2) is 0 Å². The summed E-state index contributed by atoms with van der Waals surface area (Å²) >= 11 is 0. The SMILES string of the molecule is CCN(CC)CCN1CCN=C1c1ccccc1. The van der Waals surface area contributed by atoms with Gasteiger partial charge in [-0.2, -0.15) is 0 Å². The number of nitrogens with zero attached hydrogens (tertiary/aromatic N) is 3. The fraction of sp³-hybridized carbons (Fsp3) is 0.533. The van der Waals surface area contributed by atoms with E-state index in [9.17, 15) is 0 Å². The fourth-order valence-electron chi connectivity index (χ4n) is 2.36. The van der Waals surface area contributed by atoms with Crippen LogP contribution in [0, 0.1) is 0 Å². The lowest BCUT2D eigenvalue weighted by molar-refractivity contribution is 0.274. The number of amidine groups is 1.